The highest BCUT2D eigenvalue weighted by Crippen LogP contribution is 1.98. The molecular formula is C12H17N3O3. The van der Waals surface area contributed by atoms with Gasteiger partial charge in [0, 0.05) is 32.3 Å². The minimum Gasteiger partial charge on any atom is -0.481 e. The Hall–Kier alpha value is -2.11. The number of aryl methyl sites for hydroxylation is 1. The van der Waals surface area contributed by atoms with Crippen molar-refractivity contribution in [1.29, 1.82) is 0 Å². The van der Waals surface area contributed by atoms with Gasteiger partial charge in [0.15, 0.2) is 0 Å². The number of aromatic nitrogens is 2. The van der Waals surface area contributed by atoms with Crippen LogP contribution in [-0.4, -0.2) is 33.3 Å². The number of hydrogen-bond acceptors (Lipinski definition) is 3. The predicted octanol–water partition coefficient (Wildman–Crippen LogP) is 0.804. The highest BCUT2D eigenvalue weighted by atomic mass is 16.4. The summed E-state index contributed by atoms with van der Waals surface area (Å²) in [7, 11) is 1.80. The van der Waals surface area contributed by atoms with Crippen molar-refractivity contribution >= 4 is 18.0 Å². The van der Waals surface area contributed by atoms with E-state index < -0.39 is 5.97 Å². The number of carbonyl (C=O) groups is 2. The molecule has 0 bridgehead atoms. The molecule has 1 amide bonds. The summed E-state index contributed by atoms with van der Waals surface area (Å²) in [5.74, 6) is -0.996. The fraction of sp³-hybridized carbons (Fsp3) is 0.417. The maximum absolute atomic E-state index is 11.4. The number of nitrogens with one attached hydrogen (secondary N) is 1. The molecule has 6 nitrogen and oxygen atoms in total. The van der Waals surface area contributed by atoms with Crippen LogP contribution in [0.2, 0.25) is 0 Å². The molecule has 0 unspecified atom stereocenters. The highest BCUT2D eigenvalue weighted by molar-refractivity contribution is 5.91. The molecule has 6 heteroatoms. The Bertz CT molecular complexity index is 438. The van der Waals surface area contributed by atoms with Gasteiger partial charge >= 0.3 is 5.97 Å². The topological polar surface area (TPSA) is 84.2 Å². The molecule has 98 valence electrons. The fourth-order valence-electron chi connectivity index (χ4n) is 1.38. The number of rotatable bonds is 7. The summed E-state index contributed by atoms with van der Waals surface area (Å²) < 4.78 is 1.66. The second-order valence-electron chi connectivity index (χ2n) is 3.85. The van der Waals surface area contributed by atoms with Crippen LogP contribution in [0.4, 0.5) is 0 Å². The lowest BCUT2D eigenvalue weighted by atomic mass is 10.2. The second kappa shape index (κ2) is 7.26. The molecule has 1 aromatic rings. The van der Waals surface area contributed by atoms with Crippen molar-refractivity contribution in [3.05, 3.63) is 24.0 Å². The Morgan fingerprint density at radius 3 is 2.89 bits per heavy atom. The monoisotopic (exact) mass is 251 g/mol. The zero-order valence-corrected chi connectivity index (χ0v) is 10.3. The van der Waals surface area contributed by atoms with Gasteiger partial charge in [0.2, 0.25) is 5.91 Å². The average molecular weight is 251 g/mol. The van der Waals surface area contributed by atoms with E-state index in [-0.39, 0.29) is 12.3 Å². The number of carboxylic acids is 1. The SMILES string of the molecule is Cn1nccc1C=CC(=O)NCCCCC(=O)O. The van der Waals surface area contributed by atoms with E-state index in [0.717, 1.165) is 5.69 Å². The van der Waals surface area contributed by atoms with Crippen molar-refractivity contribution in [3.63, 3.8) is 0 Å². The van der Waals surface area contributed by atoms with Crippen LogP contribution in [0.5, 0.6) is 0 Å². The maximum Gasteiger partial charge on any atom is 0.303 e. The fourth-order valence-corrected chi connectivity index (χ4v) is 1.38. The molecule has 1 rings (SSSR count). The third-order valence-corrected chi connectivity index (χ3v) is 2.38. The van der Waals surface area contributed by atoms with Gasteiger partial charge in [-0.05, 0) is 25.0 Å². The number of aliphatic carboxylic acids is 1. The van der Waals surface area contributed by atoms with Crippen LogP contribution in [0, 0.1) is 0 Å². The standard InChI is InChI=1S/C12H17N3O3/c1-15-10(7-9-14-15)5-6-11(16)13-8-3-2-4-12(17)18/h5-7,9H,2-4,8H2,1H3,(H,13,16)(H,17,18). The first kappa shape index (κ1) is 14.0. The number of amides is 1. The third kappa shape index (κ3) is 5.29. The molecule has 0 aliphatic carbocycles. The summed E-state index contributed by atoms with van der Waals surface area (Å²) in [6.07, 6.45) is 6.15. The zero-order chi connectivity index (χ0) is 13.4. The van der Waals surface area contributed by atoms with Gasteiger partial charge < -0.3 is 10.4 Å². The van der Waals surface area contributed by atoms with Crippen LogP contribution in [0.3, 0.4) is 0 Å². The molecular weight excluding hydrogens is 234 g/mol. The molecule has 2 N–H and O–H groups in total. The number of carbonyl (C=O) groups excluding carboxylic acids is 1. The van der Waals surface area contributed by atoms with Gasteiger partial charge in [-0.2, -0.15) is 5.10 Å². The predicted molar refractivity (Wildman–Crippen MR) is 66.7 cm³/mol. The van der Waals surface area contributed by atoms with E-state index in [0.29, 0.717) is 19.4 Å². The van der Waals surface area contributed by atoms with E-state index in [9.17, 15) is 9.59 Å². The largest absolute Gasteiger partial charge is 0.481 e. The van der Waals surface area contributed by atoms with E-state index in [1.54, 1.807) is 30.1 Å². The Morgan fingerprint density at radius 1 is 1.50 bits per heavy atom. The minimum absolute atomic E-state index is 0.140. The molecule has 0 radical (unpaired) electrons. The molecule has 0 aromatic carbocycles. The third-order valence-electron chi connectivity index (χ3n) is 2.38. The Balaban J connectivity index is 2.20. The van der Waals surface area contributed by atoms with Crippen LogP contribution >= 0.6 is 0 Å². The van der Waals surface area contributed by atoms with Gasteiger partial charge in [0.25, 0.3) is 0 Å². The zero-order valence-electron chi connectivity index (χ0n) is 10.3. The molecule has 0 aliphatic heterocycles. The van der Waals surface area contributed by atoms with Crippen LogP contribution < -0.4 is 5.32 Å². The summed E-state index contributed by atoms with van der Waals surface area (Å²) in [6, 6.07) is 1.80. The molecule has 1 heterocycles. The molecule has 0 aliphatic rings. The molecule has 0 spiro atoms. The molecule has 0 atom stereocenters. The van der Waals surface area contributed by atoms with E-state index in [4.69, 9.17) is 5.11 Å². The quantitative estimate of drug-likeness (QED) is 0.554. The van der Waals surface area contributed by atoms with Crippen molar-refractivity contribution in [2.75, 3.05) is 6.54 Å². The number of carboxylic acid groups (broad SMARTS) is 1. The average Bonchev–Trinajstić information content (AvgIpc) is 2.71. The van der Waals surface area contributed by atoms with Crippen LogP contribution in [0.15, 0.2) is 18.3 Å². The van der Waals surface area contributed by atoms with Gasteiger partial charge in [-0.25, -0.2) is 0 Å². The lowest BCUT2D eigenvalue weighted by Gasteiger charge is -2.00. The lowest BCUT2D eigenvalue weighted by Crippen LogP contribution is -2.22. The number of nitrogens with zero attached hydrogens (tertiary/aromatic N) is 2. The van der Waals surface area contributed by atoms with Gasteiger partial charge in [-0.3, -0.25) is 14.3 Å². The number of unbranched alkanes of at least 4 members (excludes halogenated alkanes) is 1. The van der Waals surface area contributed by atoms with Crippen LogP contribution in [0.25, 0.3) is 6.08 Å². The van der Waals surface area contributed by atoms with E-state index in [2.05, 4.69) is 10.4 Å². The normalized spacial score (nSPS) is 10.7. The molecule has 1 aromatic heterocycles. The minimum atomic E-state index is -0.808. The molecule has 0 fully saturated rings. The summed E-state index contributed by atoms with van der Waals surface area (Å²) in [5, 5.41) is 15.1. The summed E-state index contributed by atoms with van der Waals surface area (Å²) in [6.45, 7) is 0.488. The van der Waals surface area contributed by atoms with Crippen molar-refractivity contribution in [2.24, 2.45) is 7.05 Å². The van der Waals surface area contributed by atoms with Crippen molar-refractivity contribution < 1.29 is 14.7 Å². The Morgan fingerprint density at radius 2 is 2.28 bits per heavy atom. The first-order valence-corrected chi connectivity index (χ1v) is 5.75. The van der Waals surface area contributed by atoms with Crippen LogP contribution in [0.1, 0.15) is 25.0 Å². The highest BCUT2D eigenvalue weighted by Gasteiger charge is 1.99. The van der Waals surface area contributed by atoms with Gasteiger partial charge in [0.1, 0.15) is 0 Å². The van der Waals surface area contributed by atoms with Gasteiger partial charge in [-0.15, -0.1) is 0 Å². The Kier molecular flexibility index (Phi) is 5.63. The van der Waals surface area contributed by atoms with Gasteiger partial charge in [-0.1, -0.05) is 0 Å². The maximum atomic E-state index is 11.4. The van der Waals surface area contributed by atoms with E-state index >= 15 is 0 Å². The second-order valence-corrected chi connectivity index (χ2v) is 3.85. The summed E-state index contributed by atoms with van der Waals surface area (Å²) in [5.41, 5.74) is 0.844. The first-order chi connectivity index (χ1) is 8.59. The number of hydrogen-bond donors (Lipinski definition) is 2. The first-order valence-electron chi connectivity index (χ1n) is 5.75. The van der Waals surface area contributed by atoms with E-state index in [1.165, 1.54) is 6.08 Å². The van der Waals surface area contributed by atoms with Crippen molar-refractivity contribution in [3.8, 4) is 0 Å². The smallest absolute Gasteiger partial charge is 0.303 e. The lowest BCUT2D eigenvalue weighted by molar-refractivity contribution is -0.137. The Labute approximate surface area is 105 Å². The van der Waals surface area contributed by atoms with Crippen LogP contribution in [-0.2, 0) is 16.6 Å². The van der Waals surface area contributed by atoms with E-state index in [1.807, 2.05) is 0 Å². The van der Waals surface area contributed by atoms with Gasteiger partial charge in [0.05, 0.1) is 5.69 Å². The summed E-state index contributed by atoms with van der Waals surface area (Å²) >= 11 is 0. The van der Waals surface area contributed by atoms with Crippen molar-refractivity contribution in [1.82, 2.24) is 15.1 Å². The molecule has 0 saturated carbocycles. The molecule has 0 saturated heterocycles. The van der Waals surface area contributed by atoms with Crippen molar-refractivity contribution in [2.45, 2.75) is 19.3 Å². The summed E-state index contributed by atoms with van der Waals surface area (Å²) in [4.78, 5) is 21.7. The molecule has 18 heavy (non-hydrogen) atoms.